The van der Waals surface area contributed by atoms with Crippen LogP contribution in [0.5, 0.6) is 0 Å². The number of allylic oxidation sites excluding steroid dienone is 2. The summed E-state index contributed by atoms with van der Waals surface area (Å²) < 4.78 is 14.0. The number of hydrogen-bond acceptors (Lipinski definition) is 2. The molecule has 0 bridgehead atoms. The van der Waals surface area contributed by atoms with Crippen molar-refractivity contribution in [2.75, 3.05) is 0 Å². The van der Waals surface area contributed by atoms with Gasteiger partial charge in [-0.05, 0) is 73.3 Å². The van der Waals surface area contributed by atoms with E-state index in [0.29, 0.717) is 5.92 Å². The Labute approximate surface area is 150 Å². The van der Waals surface area contributed by atoms with Crippen molar-refractivity contribution in [2.45, 2.75) is 77.6 Å². The molecule has 0 aliphatic heterocycles. The average molecular weight is 399 g/mol. The molecule has 2 unspecified atom stereocenters. The molecule has 1 heterocycles. The average Bonchev–Trinajstić information content (AvgIpc) is 2.85. The van der Waals surface area contributed by atoms with Crippen molar-refractivity contribution in [3.63, 3.8) is 0 Å². The van der Waals surface area contributed by atoms with Crippen molar-refractivity contribution in [1.82, 2.24) is 0 Å². The highest BCUT2D eigenvalue weighted by Gasteiger charge is 2.40. The van der Waals surface area contributed by atoms with E-state index in [1.807, 2.05) is 13.0 Å². The molecule has 0 saturated carbocycles. The van der Waals surface area contributed by atoms with Crippen LogP contribution in [0.25, 0.3) is 0 Å². The predicted molar refractivity (Wildman–Crippen MR) is 103 cm³/mol. The van der Waals surface area contributed by atoms with Crippen LogP contribution in [-0.4, -0.2) is 8.32 Å². The van der Waals surface area contributed by atoms with E-state index in [9.17, 15) is 0 Å². The number of aryl methyl sites for hydroxylation is 1. The van der Waals surface area contributed by atoms with Crippen LogP contribution in [-0.2, 0) is 4.43 Å². The Morgan fingerprint density at radius 3 is 2.57 bits per heavy atom. The molecule has 0 spiro atoms. The number of rotatable bonds is 5. The molecule has 0 fully saturated rings. The lowest BCUT2D eigenvalue weighted by Gasteiger charge is -2.39. The molecule has 0 radical (unpaired) electrons. The quantitative estimate of drug-likeness (QED) is 0.492. The SMILES string of the molecule is Cc1ccc(C(CC2CCCC=C2Br)O[Si](C)(C)C(C)(C)C)o1. The Morgan fingerprint density at radius 2 is 2.04 bits per heavy atom. The minimum absolute atomic E-state index is 0.0497. The first kappa shape index (κ1) is 19.0. The zero-order valence-corrected chi connectivity index (χ0v) is 18.0. The molecule has 1 aliphatic carbocycles. The largest absolute Gasteiger partial charge is 0.464 e. The van der Waals surface area contributed by atoms with Crippen molar-refractivity contribution < 1.29 is 8.84 Å². The Balaban J connectivity index is 2.22. The highest BCUT2D eigenvalue weighted by molar-refractivity contribution is 9.11. The normalized spacial score (nSPS) is 21.2. The first-order chi connectivity index (χ1) is 10.6. The van der Waals surface area contributed by atoms with Crippen molar-refractivity contribution in [3.8, 4) is 0 Å². The van der Waals surface area contributed by atoms with Gasteiger partial charge in [-0.15, -0.1) is 0 Å². The van der Waals surface area contributed by atoms with Gasteiger partial charge in [0, 0.05) is 0 Å². The zero-order chi connectivity index (χ0) is 17.3. The van der Waals surface area contributed by atoms with E-state index in [1.54, 1.807) is 0 Å². The molecule has 0 N–H and O–H groups in total. The summed E-state index contributed by atoms with van der Waals surface area (Å²) in [4.78, 5) is 0. The van der Waals surface area contributed by atoms with Crippen molar-refractivity contribution >= 4 is 24.2 Å². The van der Waals surface area contributed by atoms with E-state index in [-0.39, 0.29) is 11.1 Å². The van der Waals surface area contributed by atoms with Crippen LogP contribution in [0.1, 0.15) is 64.1 Å². The van der Waals surface area contributed by atoms with E-state index in [1.165, 1.54) is 23.7 Å². The number of halogens is 1. The lowest BCUT2D eigenvalue weighted by molar-refractivity contribution is 0.131. The molecule has 0 aromatic carbocycles. The van der Waals surface area contributed by atoms with Crippen molar-refractivity contribution in [3.05, 3.63) is 34.2 Å². The summed E-state index contributed by atoms with van der Waals surface area (Å²) >= 11 is 3.77. The van der Waals surface area contributed by atoms with Gasteiger partial charge in [0.25, 0.3) is 0 Å². The molecule has 4 heteroatoms. The minimum Gasteiger partial charge on any atom is -0.464 e. The summed E-state index contributed by atoms with van der Waals surface area (Å²) in [6.07, 6.45) is 7.05. The third-order valence-corrected chi connectivity index (χ3v) is 10.8. The molecule has 2 atom stereocenters. The fraction of sp³-hybridized carbons (Fsp3) is 0.684. The monoisotopic (exact) mass is 398 g/mol. The summed E-state index contributed by atoms with van der Waals surface area (Å²) in [6.45, 7) is 13.5. The van der Waals surface area contributed by atoms with Gasteiger partial charge < -0.3 is 8.84 Å². The Hall–Kier alpha value is -0.323. The smallest absolute Gasteiger partial charge is 0.193 e. The summed E-state index contributed by atoms with van der Waals surface area (Å²) in [5.74, 6) is 2.49. The molecule has 2 nitrogen and oxygen atoms in total. The van der Waals surface area contributed by atoms with Gasteiger partial charge in [0.1, 0.15) is 17.6 Å². The fourth-order valence-electron chi connectivity index (χ4n) is 2.78. The van der Waals surface area contributed by atoms with E-state index in [2.05, 4.69) is 61.9 Å². The van der Waals surface area contributed by atoms with E-state index >= 15 is 0 Å². The molecule has 130 valence electrons. The molecule has 0 saturated heterocycles. The third-order valence-electron chi connectivity index (χ3n) is 5.31. The number of furan rings is 1. The summed E-state index contributed by atoms with van der Waals surface area (Å²) in [6, 6.07) is 4.14. The maximum atomic E-state index is 6.75. The molecule has 0 amide bonds. The highest BCUT2D eigenvalue weighted by Crippen LogP contribution is 2.43. The molecule has 1 aliphatic rings. The maximum absolute atomic E-state index is 6.75. The van der Waals surface area contributed by atoms with Gasteiger partial charge in [0.2, 0.25) is 0 Å². The maximum Gasteiger partial charge on any atom is 0.193 e. The second-order valence-corrected chi connectivity index (χ2v) is 13.9. The molecular formula is C19H31BrO2Si. The molecule has 1 aromatic heterocycles. The van der Waals surface area contributed by atoms with Gasteiger partial charge in [-0.1, -0.05) is 42.8 Å². The molecule has 1 aromatic rings. The minimum atomic E-state index is -1.84. The van der Waals surface area contributed by atoms with Crippen LogP contribution in [0.15, 0.2) is 27.1 Å². The van der Waals surface area contributed by atoms with Gasteiger partial charge in [-0.2, -0.15) is 0 Å². The van der Waals surface area contributed by atoms with Crippen LogP contribution in [0.2, 0.25) is 18.1 Å². The van der Waals surface area contributed by atoms with Crippen molar-refractivity contribution in [1.29, 1.82) is 0 Å². The van der Waals surface area contributed by atoms with Gasteiger partial charge in [0.05, 0.1) is 0 Å². The third kappa shape index (κ3) is 4.83. The zero-order valence-electron chi connectivity index (χ0n) is 15.4. The van der Waals surface area contributed by atoms with Crippen LogP contribution in [0, 0.1) is 12.8 Å². The van der Waals surface area contributed by atoms with Crippen LogP contribution in [0.3, 0.4) is 0 Å². The van der Waals surface area contributed by atoms with E-state index in [0.717, 1.165) is 17.9 Å². The van der Waals surface area contributed by atoms with Crippen LogP contribution >= 0.6 is 15.9 Å². The van der Waals surface area contributed by atoms with Crippen LogP contribution in [0.4, 0.5) is 0 Å². The Morgan fingerprint density at radius 1 is 1.35 bits per heavy atom. The lowest BCUT2D eigenvalue weighted by Crippen LogP contribution is -2.42. The summed E-state index contributed by atoms with van der Waals surface area (Å²) in [5.41, 5.74) is 0. The van der Waals surface area contributed by atoms with Gasteiger partial charge in [-0.25, -0.2) is 0 Å². The highest BCUT2D eigenvalue weighted by atomic mass is 79.9. The second kappa shape index (κ2) is 7.28. The first-order valence-corrected chi connectivity index (χ1v) is 12.4. The van der Waals surface area contributed by atoms with Gasteiger partial charge in [-0.3, -0.25) is 0 Å². The van der Waals surface area contributed by atoms with Gasteiger partial charge in [0.15, 0.2) is 8.32 Å². The molecular weight excluding hydrogens is 368 g/mol. The van der Waals surface area contributed by atoms with E-state index in [4.69, 9.17) is 8.84 Å². The topological polar surface area (TPSA) is 22.4 Å². The molecule has 2 rings (SSSR count). The predicted octanol–water partition coefficient (Wildman–Crippen LogP) is 7.12. The summed E-state index contributed by atoms with van der Waals surface area (Å²) in [5, 5.41) is 0.201. The van der Waals surface area contributed by atoms with Crippen LogP contribution < -0.4 is 0 Å². The molecule has 23 heavy (non-hydrogen) atoms. The van der Waals surface area contributed by atoms with Gasteiger partial charge >= 0.3 is 0 Å². The second-order valence-electron chi connectivity index (χ2n) is 8.27. The standard InChI is InChI=1S/C19H31BrO2Si/c1-14-11-12-17(21-14)18(22-23(5,6)19(2,3)4)13-15-9-7-8-10-16(15)20/h10-12,15,18H,7-9,13H2,1-6H3. The lowest BCUT2D eigenvalue weighted by atomic mass is 9.90. The van der Waals surface area contributed by atoms with Crippen molar-refractivity contribution in [2.24, 2.45) is 5.92 Å². The fourth-order valence-corrected chi connectivity index (χ4v) is 4.70. The number of hydrogen-bond donors (Lipinski definition) is 0. The Kier molecular flexibility index (Phi) is 6.02. The van der Waals surface area contributed by atoms with E-state index < -0.39 is 8.32 Å². The summed E-state index contributed by atoms with van der Waals surface area (Å²) in [7, 11) is -1.84. The Bertz CT molecular complexity index is 554. The first-order valence-electron chi connectivity index (χ1n) is 8.70.